The number of ether oxygens (including phenoxy) is 1. The Morgan fingerprint density at radius 2 is 2.00 bits per heavy atom. The number of furan rings is 1. The van der Waals surface area contributed by atoms with Gasteiger partial charge in [0.25, 0.3) is 5.91 Å². The lowest BCUT2D eigenvalue weighted by Crippen LogP contribution is -2.24. The van der Waals surface area contributed by atoms with Crippen molar-refractivity contribution in [3.63, 3.8) is 0 Å². The van der Waals surface area contributed by atoms with Crippen molar-refractivity contribution in [2.24, 2.45) is 5.10 Å². The molecule has 0 saturated carbocycles. The quantitative estimate of drug-likeness (QED) is 0.348. The summed E-state index contributed by atoms with van der Waals surface area (Å²) in [6.45, 7) is 4.23. The van der Waals surface area contributed by atoms with E-state index in [4.69, 9.17) is 9.15 Å². The van der Waals surface area contributed by atoms with Crippen LogP contribution in [0.4, 0.5) is 0 Å². The number of hydrogen-bond acceptors (Lipinski definition) is 4. The Labute approximate surface area is 178 Å². The molecule has 1 aromatic heterocycles. The molecule has 3 rings (SSSR count). The molecule has 0 saturated heterocycles. The number of carbonyl (C=O) groups is 1. The number of hydrogen-bond donors (Lipinski definition) is 1. The summed E-state index contributed by atoms with van der Waals surface area (Å²) in [4.78, 5) is 11.9. The second-order valence-electron chi connectivity index (χ2n) is 6.67. The summed E-state index contributed by atoms with van der Waals surface area (Å²) in [5.74, 6) is 2.09. The molecule has 0 aliphatic rings. The minimum absolute atomic E-state index is 0.110. The lowest BCUT2D eigenvalue weighted by atomic mass is 9.99. The van der Waals surface area contributed by atoms with E-state index in [1.54, 1.807) is 6.07 Å². The normalized spacial score (nSPS) is 12.1. The van der Waals surface area contributed by atoms with Crippen molar-refractivity contribution in [1.29, 1.82) is 0 Å². The van der Waals surface area contributed by atoms with Crippen LogP contribution in [0.25, 0.3) is 11.3 Å². The van der Waals surface area contributed by atoms with E-state index in [-0.39, 0.29) is 12.5 Å². The summed E-state index contributed by atoms with van der Waals surface area (Å²) >= 11 is 3.44. The first-order chi connectivity index (χ1) is 14.0. The number of halogens is 1. The van der Waals surface area contributed by atoms with Crippen LogP contribution in [0.2, 0.25) is 0 Å². The van der Waals surface area contributed by atoms with Gasteiger partial charge in [-0.1, -0.05) is 54.0 Å². The largest absolute Gasteiger partial charge is 0.484 e. The first kappa shape index (κ1) is 20.9. The average molecular weight is 455 g/mol. The minimum Gasteiger partial charge on any atom is -0.484 e. The molecule has 29 heavy (non-hydrogen) atoms. The van der Waals surface area contributed by atoms with Gasteiger partial charge in [-0.2, -0.15) is 5.10 Å². The highest BCUT2D eigenvalue weighted by Crippen LogP contribution is 2.24. The number of benzene rings is 2. The van der Waals surface area contributed by atoms with Gasteiger partial charge in [-0.25, -0.2) is 5.43 Å². The highest BCUT2D eigenvalue weighted by Gasteiger charge is 2.06. The summed E-state index contributed by atoms with van der Waals surface area (Å²) in [7, 11) is 0. The molecular formula is C23H23BrN2O3. The molecule has 0 spiro atoms. The van der Waals surface area contributed by atoms with Gasteiger partial charge in [0.05, 0.1) is 6.21 Å². The van der Waals surface area contributed by atoms with E-state index in [0.717, 1.165) is 22.2 Å². The van der Waals surface area contributed by atoms with Gasteiger partial charge < -0.3 is 9.15 Å². The number of carbonyl (C=O) groups excluding carboxylic acids is 1. The number of nitrogens with zero attached hydrogens (tertiary/aromatic N) is 1. The van der Waals surface area contributed by atoms with Gasteiger partial charge in [0, 0.05) is 10.0 Å². The molecule has 1 atom stereocenters. The molecule has 2 aromatic carbocycles. The second kappa shape index (κ2) is 10.1. The molecule has 0 unspecified atom stereocenters. The highest BCUT2D eigenvalue weighted by molar-refractivity contribution is 9.10. The van der Waals surface area contributed by atoms with Crippen LogP contribution in [0.3, 0.4) is 0 Å². The maximum Gasteiger partial charge on any atom is 0.277 e. The van der Waals surface area contributed by atoms with Crippen LogP contribution in [0.5, 0.6) is 5.75 Å². The molecule has 0 bridgehead atoms. The summed E-state index contributed by atoms with van der Waals surface area (Å²) in [5.41, 5.74) is 4.65. The van der Waals surface area contributed by atoms with Crippen LogP contribution in [0, 0.1) is 0 Å². The maximum absolute atomic E-state index is 11.9. The molecule has 3 aromatic rings. The van der Waals surface area contributed by atoms with E-state index < -0.39 is 0 Å². The Kier molecular flexibility index (Phi) is 7.25. The molecule has 0 aliphatic heterocycles. The van der Waals surface area contributed by atoms with Crippen LogP contribution in [0.15, 0.2) is 74.7 Å². The van der Waals surface area contributed by atoms with Gasteiger partial charge in [0.1, 0.15) is 17.3 Å². The molecule has 1 heterocycles. The van der Waals surface area contributed by atoms with Crippen molar-refractivity contribution in [3.8, 4) is 17.1 Å². The predicted molar refractivity (Wildman–Crippen MR) is 118 cm³/mol. The summed E-state index contributed by atoms with van der Waals surface area (Å²) in [5, 5.41) is 3.92. The van der Waals surface area contributed by atoms with Crippen molar-refractivity contribution in [2.45, 2.75) is 26.2 Å². The van der Waals surface area contributed by atoms with E-state index in [1.807, 2.05) is 54.6 Å². The Balaban J connectivity index is 1.47. The van der Waals surface area contributed by atoms with Crippen LogP contribution in [0.1, 0.15) is 37.5 Å². The third-order valence-corrected chi connectivity index (χ3v) is 5.04. The van der Waals surface area contributed by atoms with E-state index >= 15 is 0 Å². The van der Waals surface area contributed by atoms with Crippen LogP contribution < -0.4 is 10.2 Å². The maximum atomic E-state index is 11.9. The number of hydrazone groups is 1. The molecule has 6 heteroatoms. The second-order valence-corrected chi connectivity index (χ2v) is 7.59. The van der Waals surface area contributed by atoms with Crippen LogP contribution >= 0.6 is 15.9 Å². The molecule has 1 N–H and O–H groups in total. The fourth-order valence-electron chi connectivity index (χ4n) is 2.70. The summed E-state index contributed by atoms with van der Waals surface area (Å²) < 4.78 is 12.2. The number of amides is 1. The lowest BCUT2D eigenvalue weighted by Gasteiger charge is -2.10. The van der Waals surface area contributed by atoms with Gasteiger partial charge in [-0.05, 0) is 54.3 Å². The third kappa shape index (κ3) is 6.06. The lowest BCUT2D eigenvalue weighted by molar-refractivity contribution is -0.123. The van der Waals surface area contributed by atoms with Gasteiger partial charge in [-0.15, -0.1) is 0 Å². The Morgan fingerprint density at radius 3 is 2.72 bits per heavy atom. The van der Waals surface area contributed by atoms with Crippen molar-refractivity contribution in [2.75, 3.05) is 6.61 Å². The van der Waals surface area contributed by atoms with Gasteiger partial charge in [-0.3, -0.25) is 4.79 Å². The zero-order valence-electron chi connectivity index (χ0n) is 16.4. The minimum atomic E-state index is -0.342. The predicted octanol–water partition coefficient (Wildman–Crippen LogP) is 5.75. The van der Waals surface area contributed by atoms with Gasteiger partial charge in [0.15, 0.2) is 6.61 Å². The van der Waals surface area contributed by atoms with Gasteiger partial charge in [0.2, 0.25) is 0 Å². The zero-order valence-corrected chi connectivity index (χ0v) is 18.0. The highest BCUT2D eigenvalue weighted by atomic mass is 79.9. The molecule has 150 valence electrons. The van der Waals surface area contributed by atoms with Crippen LogP contribution in [-0.4, -0.2) is 18.7 Å². The Morgan fingerprint density at radius 1 is 1.21 bits per heavy atom. The fourth-order valence-corrected chi connectivity index (χ4v) is 3.10. The molecule has 5 nitrogen and oxygen atoms in total. The zero-order chi connectivity index (χ0) is 20.6. The number of nitrogens with one attached hydrogen (secondary N) is 1. The molecule has 0 radical (unpaired) electrons. The van der Waals surface area contributed by atoms with E-state index in [0.29, 0.717) is 17.4 Å². The standard InChI is InChI=1S/C23H23BrN2O3/c1-3-16(2)17-7-9-20(10-8-17)28-15-23(27)26-25-14-21-11-12-22(29-21)18-5-4-6-19(24)13-18/h4-14,16H,3,15H2,1-2H3,(H,26,27)/b25-14-/t16-/m0/s1. The molecular weight excluding hydrogens is 432 g/mol. The smallest absolute Gasteiger partial charge is 0.277 e. The van der Waals surface area contributed by atoms with Crippen molar-refractivity contribution < 1.29 is 13.9 Å². The fraction of sp³-hybridized carbons (Fsp3) is 0.217. The topological polar surface area (TPSA) is 63.8 Å². The Hall–Kier alpha value is -2.86. The van der Waals surface area contributed by atoms with Crippen molar-refractivity contribution in [3.05, 3.63) is 76.5 Å². The third-order valence-electron chi connectivity index (χ3n) is 4.55. The summed E-state index contributed by atoms with van der Waals surface area (Å²) in [6.07, 6.45) is 2.54. The Bertz CT molecular complexity index is 980. The average Bonchev–Trinajstić information content (AvgIpc) is 3.21. The van der Waals surface area contributed by atoms with E-state index in [2.05, 4.69) is 40.3 Å². The SMILES string of the molecule is CC[C@H](C)c1ccc(OCC(=O)N/N=C\c2ccc(-c3cccc(Br)c3)o2)cc1. The number of rotatable bonds is 8. The first-order valence-electron chi connectivity index (χ1n) is 9.45. The van der Waals surface area contributed by atoms with E-state index in [1.165, 1.54) is 11.8 Å². The van der Waals surface area contributed by atoms with Crippen molar-refractivity contribution >= 4 is 28.1 Å². The van der Waals surface area contributed by atoms with E-state index in [9.17, 15) is 4.79 Å². The summed E-state index contributed by atoms with van der Waals surface area (Å²) in [6, 6.07) is 19.3. The van der Waals surface area contributed by atoms with Gasteiger partial charge >= 0.3 is 0 Å². The monoisotopic (exact) mass is 454 g/mol. The molecule has 0 fully saturated rings. The van der Waals surface area contributed by atoms with Crippen LogP contribution in [-0.2, 0) is 4.79 Å². The molecule has 0 aliphatic carbocycles. The first-order valence-corrected chi connectivity index (χ1v) is 10.2. The van der Waals surface area contributed by atoms with Crippen molar-refractivity contribution in [1.82, 2.24) is 5.43 Å². The molecule has 1 amide bonds.